The lowest BCUT2D eigenvalue weighted by atomic mass is 9.86. The minimum atomic E-state index is -2.48. The van der Waals surface area contributed by atoms with Gasteiger partial charge in [0.05, 0.1) is 5.03 Å². The summed E-state index contributed by atoms with van der Waals surface area (Å²) < 4.78 is 0. The molecule has 1 rings (SSSR count). The second-order valence-electron chi connectivity index (χ2n) is 3.01. The molecule has 2 atom stereocenters. The first kappa shape index (κ1) is 13.7. The number of carboxylic acids is 2. The molecule has 2 N–H and O–H groups in total. The number of carbonyl (C=O) groups is 2. The molecule has 2 unspecified atom stereocenters. The van der Waals surface area contributed by atoms with Crippen molar-refractivity contribution in [2.45, 2.75) is 9.75 Å². The van der Waals surface area contributed by atoms with Crippen molar-refractivity contribution in [1.82, 2.24) is 0 Å². The van der Waals surface area contributed by atoms with Gasteiger partial charge in [0.15, 0.2) is 4.87 Å². The molecule has 0 aromatic heterocycles. The Bertz CT molecular complexity index is 433. The Morgan fingerprint density at radius 3 is 2.12 bits per heavy atom. The predicted molar refractivity (Wildman–Crippen MR) is 63.4 cm³/mol. The number of carboxylic acid groups (broad SMARTS) is 2. The van der Waals surface area contributed by atoms with Crippen LogP contribution < -0.4 is 0 Å². The zero-order chi connectivity index (χ0) is 12.7. The Kier molecular flexibility index (Phi) is 3.55. The van der Waals surface area contributed by atoms with Crippen molar-refractivity contribution in [2.24, 2.45) is 0 Å². The van der Waals surface area contributed by atoms with Gasteiger partial charge in [-0.2, -0.15) is 0 Å². The fraction of sp³-hybridized carbons (Fsp3) is 0.250. The summed E-state index contributed by atoms with van der Waals surface area (Å²) in [5, 5.41) is 17.5. The fourth-order valence-electron chi connectivity index (χ4n) is 1.19. The van der Waals surface area contributed by atoms with Gasteiger partial charge in [-0.15, -0.1) is 12.6 Å². The summed E-state index contributed by atoms with van der Waals surface area (Å²) in [6.07, 6.45) is 2.13. The minimum absolute atomic E-state index is 0.0524. The molecule has 0 aromatic carbocycles. The molecule has 0 aliphatic heterocycles. The predicted octanol–water partition coefficient (Wildman–Crippen LogP) is 2.06. The van der Waals surface area contributed by atoms with Crippen molar-refractivity contribution in [1.29, 1.82) is 0 Å². The molecular weight excluding hydrogens is 299 g/mol. The third-order valence-corrected chi connectivity index (χ3v) is 4.51. The summed E-state index contributed by atoms with van der Waals surface area (Å²) in [4.78, 5) is 17.3. The molecule has 0 saturated carbocycles. The maximum atomic E-state index is 11.1. The summed E-state index contributed by atoms with van der Waals surface area (Å²) in [6.45, 7) is 0. The Morgan fingerprint density at radius 2 is 1.75 bits per heavy atom. The topological polar surface area (TPSA) is 74.6 Å². The van der Waals surface area contributed by atoms with E-state index in [2.05, 4.69) is 12.6 Å². The molecule has 4 nitrogen and oxygen atoms in total. The second kappa shape index (κ2) is 4.14. The molecule has 0 bridgehead atoms. The van der Waals surface area contributed by atoms with Crippen LogP contribution in [0.4, 0.5) is 0 Å². The van der Waals surface area contributed by atoms with Crippen molar-refractivity contribution in [3.8, 4) is 0 Å². The van der Waals surface area contributed by atoms with E-state index < -0.39 is 26.7 Å². The summed E-state index contributed by atoms with van der Waals surface area (Å²) in [5.74, 6) is -3.27. The van der Waals surface area contributed by atoms with Crippen molar-refractivity contribution < 1.29 is 19.8 Å². The second-order valence-corrected chi connectivity index (χ2v) is 5.04. The van der Waals surface area contributed by atoms with Crippen LogP contribution in [0.1, 0.15) is 0 Å². The molecule has 1 aliphatic rings. The number of hydrogen-bond donors (Lipinski definition) is 3. The molecule has 0 saturated heterocycles. The lowest BCUT2D eigenvalue weighted by Crippen LogP contribution is -2.57. The number of aliphatic carboxylic acids is 2. The summed E-state index contributed by atoms with van der Waals surface area (Å²) in [5.41, 5.74) is 0. The normalized spacial score (nSPS) is 34.0. The van der Waals surface area contributed by atoms with Gasteiger partial charge in [-0.05, 0) is 12.2 Å². The molecule has 8 heteroatoms. The Labute approximate surface area is 111 Å². The van der Waals surface area contributed by atoms with E-state index in [1.807, 2.05) is 0 Å². The van der Waals surface area contributed by atoms with Gasteiger partial charge < -0.3 is 10.2 Å². The maximum absolute atomic E-state index is 11.1. The van der Waals surface area contributed by atoms with Gasteiger partial charge in [-0.3, -0.25) is 0 Å². The van der Waals surface area contributed by atoms with E-state index in [4.69, 9.17) is 45.0 Å². The van der Waals surface area contributed by atoms with E-state index in [-0.39, 0.29) is 4.91 Å². The number of allylic oxidation sites excluding steroid dienone is 1. The van der Waals surface area contributed by atoms with E-state index in [0.29, 0.717) is 0 Å². The fourth-order valence-corrected chi connectivity index (χ4v) is 2.32. The van der Waals surface area contributed by atoms with Crippen LogP contribution in [0.5, 0.6) is 0 Å². The molecule has 0 aromatic rings. The van der Waals surface area contributed by atoms with Crippen LogP contribution in [0.3, 0.4) is 0 Å². The van der Waals surface area contributed by atoms with Crippen molar-refractivity contribution in [2.75, 3.05) is 0 Å². The van der Waals surface area contributed by atoms with Gasteiger partial charge in [-0.1, -0.05) is 34.8 Å². The van der Waals surface area contributed by atoms with Crippen LogP contribution in [0.2, 0.25) is 0 Å². The number of halogens is 3. The van der Waals surface area contributed by atoms with Crippen LogP contribution in [0, 0.1) is 0 Å². The molecule has 88 valence electrons. The van der Waals surface area contributed by atoms with Crippen LogP contribution in [-0.2, 0) is 9.59 Å². The average molecular weight is 304 g/mol. The first-order chi connectivity index (χ1) is 7.18. The molecule has 16 heavy (non-hydrogen) atoms. The largest absolute Gasteiger partial charge is 0.480 e. The van der Waals surface area contributed by atoms with Crippen LogP contribution in [0.15, 0.2) is 22.1 Å². The highest BCUT2D eigenvalue weighted by atomic mass is 35.5. The number of thiol groups is 1. The Morgan fingerprint density at radius 1 is 1.25 bits per heavy atom. The summed E-state index contributed by atoms with van der Waals surface area (Å²) in [7, 11) is 0. The van der Waals surface area contributed by atoms with Gasteiger partial charge in [0.25, 0.3) is 0 Å². The summed E-state index contributed by atoms with van der Waals surface area (Å²) in [6, 6.07) is 0. The monoisotopic (exact) mass is 302 g/mol. The zero-order valence-electron chi connectivity index (χ0n) is 7.45. The first-order valence-corrected chi connectivity index (χ1v) is 5.39. The quantitative estimate of drug-likeness (QED) is 0.539. The van der Waals surface area contributed by atoms with Gasteiger partial charge in [-0.25, -0.2) is 9.59 Å². The maximum Gasteiger partial charge on any atom is 0.333 e. The Hall–Kier alpha value is -0.360. The number of rotatable bonds is 2. The molecule has 0 heterocycles. The van der Waals surface area contributed by atoms with Gasteiger partial charge in [0.2, 0.25) is 4.87 Å². The standard InChI is InChI=1S/C8H5Cl3O4S/c9-4-3(16)1-2-7(10,5(12)13)8(4,11)6(14)15/h1-2,16H,(H,12,13)(H,14,15). The highest BCUT2D eigenvalue weighted by Crippen LogP contribution is 2.49. The summed E-state index contributed by atoms with van der Waals surface area (Å²) >= 11 is 21.0. The third kappa shape index (κ3) is 1.62. The van der Waals surface area contributed by atoms with Crippen LogP contribution >= 0.6 is 47.4 Å². The van der Waals surface area contributed by atoms with Crippen LogP contribution in [-0.4, -0.2) is 31.9 Å². The molecule has 0 radical (unpaired) electrons. The molecule has 0 amide bonds. The molecular formula is C8H5Cl3O4S. The SMILES string of the molecule is O=C(O)C1(Cl)C=CC(S)=C(Cl)C1(Cl)C(=O)O. The van der Waals surface area contributed by atoms with Crippen molar-refractivity contribution in [3.05, 3.63) is 22.1 Å². The van der Waals surface area contributed by atoms with E-state index >= 15 is 0 Å². The zero-order valence-corrected chi connectivity index (χ0v) is 10.6. The highest BCUT2D eigenvalue weighted by molar-refractivity contribution is 7.84. The first-order valence-electron chi connectivity index (χ1n) is 3.81. The lowest BCUT2D eigenvalue weighted by molar-refractivity contribution is -0.147. The smallest absolute Gasteiger partial charge is 0.333 e. The molecule has 0 fully saturated rings. The average Bonchev–Trinajstić information content (AvgIpc) is 2.20. The number of alkyl halides is 2. The molecule has 1 aliphatic carbocycles. The lowest BCUT2D eigenvalue weighted by Gasteiger charge is -2.36. The molecule has 0 spiro atoms. The van der Waals surface area contributed by atoms with Gasteiger partial charge in [0.1, 0.15) is 0 Å². The Balaban J connectivity index is 3.53. The number of hydrogen-bond acceptors (Lipinski definition) is 3. The highest BCUT2D eigenvalue weighted by Gasteiger charge is 2.63. The van der Waals surface area contributed by atoms with E-state index in [0.717, 1.165) is 6.08 Å². The van der Waals surface area contributed by atoms with Gasteiger partial charge >= 0.3 is 11.9 Å². The van der Waals surface area contributed by atoms with Crippen molar-refractivity contribution in [3.63, 3.8) is 0 Å². The van der Waals surface area contributed by atoms with Crippen molar-refractivity contribution >= 4 is 59.4 Å². The van der Waals surface area contributed by atoms with Crippen LogP contribution in [0.25, 0.3) is 0 Å². The van der Waals surface area contributed by atoms with E-state index in [1.165, 1.54) is 6.08 Å². The minimum Gasteiger partial charge on any atom is -0.480 e. The van der Waals surface area contributed by atoms with E-state index in [9.17, 15) is 9.59 Å². The third-order valence-electron chi connectivity index (χ3n) is 2.11. The van der Waals surface area contributed by atoms with Gasteiger partial charge in [0, 0.05) is 4.91 Å². The van der Waals surface area contributed by atoms with E-state index in [1.54, 1.807) is 0 Å².